The van der Waals surface area contributed by atoms with Crippen molar-refractivity contribution in [1.82, 2.24) is 8.80 Å². The van der Waals surface area contributed by atoms with Crippen molar-refractivity contribution in [2.75, 3.05) is 0 Å². The van der Waals surface area contributed by atoms with Gasteiger partial charge in [0.15, 0.2) is 23.1 Å². The number of nitrogens with zero attached hydrogens (tertiary/aromatic N) is 2. The molecule has 396 valence electrons. The minimum atomic E-state index is -0.416. The number of hydrogen-bond acceptors (Lipinski definition) is 4. The Morgan fingerprint density at radius 2 is 0.536 bits per heavy atom. The average molecular weight is 1080 g/mol. The lowest BCUT2D eigenvalue weighted by Crippen LogP contribution is -2.19. The molecule has 26 rings (SSSR count). The smallest absolute Gasteiger partial charge is 0.175 e. The molecule has 2 saturated carbocycles. The topological polar surface area (TPSA) is 77.1 Å². The van der Waals surface area contributed by atoms with E-state index in [1.54, 1.807) is 0 Å². The van der Waals surface area contributed by atoms with Gasteiger partial charge in [-0.15, -0.1) is 0 Å². The number of ketones is 4. The highest BCUT2D eigenvalue weighted by Crippen LogP contribution is 2.59. The van der Waals surface area contributed by atoms with Crippen LogP contribution >= 0.6 is 0 Å². The lowest BCUT2D eigenvalue weighted by molar-refractivity contribution is 0.0891. The quantitative estimate of drug-likeness (QED) is 0.152. The number of hydrogen-bond donors (Lipinski definition) is 0. The predicted octanol–water partition coefficient (Wildman–Crippen LogP) is 17.7. The first kappa shape index (κ1) is 44.3. The van der Waals surface area contributed by atoms with Crippen molar-refractivity contribution >= 4 is 110 Å². The lowest BCUT2D eigenvalue weighted by Gasteiger charge is -2.30. The van der Waals surface area contributed by atoms with Crippen LogP contribution in [-0.4, -0.2) is 31.9 Å². The van der Waals surface area contributed by atoms with Gasteiger partial charge in [0, 0.05) is 89.0 Å². The average Bonchev–Trinajstić information content (AvgIpc) is 1.84. The van der Waals surface area contributed by atoms with E-state index in [2.05, 4.69) is 167 Å². The van der Waals surface area contributed by atoms with E-state index in [0.29, 0.717) is 11.8 Å². The van der Waals surface area contributed by atoms with Crippen molar-refractivity contribution in [2.24, 2.45) is 11.8 Å². The van der Waals surface area contributed by atoms with Crippen molar-refractivity contribution in [3.63, 3.8) is 0 Å². The molecule has 2 fully saturated rings. The fraction of sp³-hybridized carbons (Fsp3) is 0.205. The standard InChI is InChI=1S/C78H50N2O4/c81-75-37-21-17-35(18-22-37)47-25-49-55-28-52-51(69-61-29-53-59(33-65(61)79(73(55)69)63(49)31-57(47)75)77(83)71-43-13-5-1-9-39(43)67(53)40-10-2-6-14-44(40)71)27-56-50-26-48-36-19-23-38(24-20-36)76(82)58(48)32-64(50)80-66-34-60-54(30-62(66)70(52)74(56)80)68-41-11-3-7-15-45(41)72(78(60)84)46-16-8-4-12-42(46)68/h1-16,25-38,67-68,71-72H,17-24H2. The van der Waals surface area contributed by atoms with Gasteiger partial charge in [0.05, 0.1) is 44.9 Å². The third-order valence-corrected chi connectivity index (χ3v) is 23.3. The van der Waals surface area contributed by atoms with Crippen LogP contribution in [0.15, 0.2) is 158 Å². The Hall–Kier alpha value is -9.26. The Bertz CT molecular complexity index is 5150. The van der Waals surface area contributed by atoms with Crippen molar-refractivity contribution in [3.05, 3.63) is 247 Å². The molecule has 84 heavy (non-hydrogen) atoms. The van der Waals surface area contributed by atoms with E-state index in [9.17, 15) is 9.59 Å². The van der Waals surface area contributed by atoms with Gasteiger partial charge in [0.25, 0.3) is 0 Å². The van der Waals surface area contributed by atoms with Gasteiger partial charge in [-0.1, -0.05) is 97.1 Å². The van der Waals surface area contributed by atoms with Crippen LogP contribution in [0, 0.1) is 11.8 Å². The number of benzene rings is 10. The zero-order valence-electron chi connectivity index (χ0n) is 45.8. The van der Waals surface area contributed by atoms with Crippen molar-refractivity contribution in [1.29, 1.82) is 0 Å². The maximum Gasteiger partial charge on any atom is 0.175 e. The van der Waals surface area contributed by atoms with Gasteiger partial charge in [-0.3, -0.25) is 19.2 Å². The number of Topliss-reactive ketones (excluding diaryl/α,β-unsaturated/α-hetero) is 4. The highest BCUT2D eigenvalue weighted by atomic mass is 16.1. The van der Waals surface area contributed by atoms with Crippen molar-refractivity contribution in [2.45, 2.75) is 86.9 Å². The number of rotatable bonds is 0. The van der Waals surface area contributed by atoms with Crippen molar-refractivity contribution in [3.8, 4) is 0 Å². The Balaban J connectivity index is 0.947. The van der Waals surface area contributed by atoms with Crippen LogP contribution in [0.1, 0.15) is 195 Å². The fourth-order valence-corrected chi connectivity index (χ4v) is 19.8. The van der Waals surface area contributed by atoms with E-state index in [1.807, 2.05) is 0 Å². The van der Waals surface area contributed by atoms with Gasteiger partial charge in [0.2, 0.25) is 0 Å². The van der Waals surface area contributed by atoms with Gasteiger partial charge >= 0.3 is 0 Å². The summed E-state index contributed by atoms with van der Waals surface area (Å²) in [5.41, 5.74) is 23.1. The molecule has 0 atom stereocenters. The summed E-state index contributed by atoms with van der Waals surface area (Å²) < 4.78 is 4.88. The molecule has 8 bridgehead atoms. The molecule has 0 unspecified atom stereocenters. The molecular weight excluding hydrogens is 1030 g/mol. The van der Waals surface area contributed by atoms with Crippen LogP contribution < -0.4 is 0 Å². The molecule has 0 saturated heterocycles. The van der Waals surface area contributed by atoms with Gasteiger partial charge in [-0.2, -0.15) is 0 Å². The third-order valence-electron chi connectivity index (χ3n) is 23.3. The predicted molar refractivity (Wildman–Crippen MR) is 331 cm³/mol. The van der Waals surface area contributed by atoms with Crippen molar-refractivity contribution < 1.29 is 19.2 Å². The van der Waals surface area contributed by atoms with Crippen LogP contribution in [0.4, 0.5) is 0 Å². The Kier molecular flexibility index (Phi) is 7.78. The minimum Gasteiger partial charge on any atom is -0.308 e. The van der Waals surface area contributed by atoms with E-state index in [-0.39, 0.29) is 46.8 Å². The molecule has 6 heteroatoms. The Morgan fingerprint density at radius 3 is 0.881 bits per heavy atom. The maximum absolute atomic E-state index is 15.8. The zero-order chi connectivity index (χ0) is 54.6. The summed E-state index contributed by atoms with van der Waals surface area (Å²) in [4.78, 5) is 61.1. The Labute approximate surface area is 481 Å². The summed E-state index contributed by atoms with van der Waals surface area (Å²) in [6.45, 7) is 0. The second kappa shape index (κ2) is 14.7. The molecule has 0 spiro atoms. The van der Waals surface area contributed by atoms with E-state index >= 15 is 9.59 Å². The van der Waals surface area contributed by atoms with Crippen LogP contribution in [-0.2, 0) is 0 Å². The molecule has 6 nitrogen and oxygen atoms in total. The lowest BCUT2D eigenvalue weighted by atomic mass is 9.72. The molecular formula is C78H50N2O4. The molecule has 14 aromatic rings. The minimum absolute atomic E-state index is 0.0449. The molecule has 0 aliphatic heterocycles. The van der Waals surface area contributed by atoms with Gasteiger partial charge < -0.3 is 8.80 Å². The third kappa shape index (κ3) is 4.96. The zero-order valence-corrected chi connectivity index (χ0v) is 45.8. The summed E-state index contributed by atoms with van der Waals surface area (Å²) in [5.74, 6) is 0.445. The fourth-order valence-electron chi connectivity index (χ4n) is 19.8. The molecule has 10 aromatic carbocycles. The number of carbonyl (C=O) groups is 4. The SMILES string of the molecule is O=C1c2cc3c(cc2C2CCC1CC2)c1cc2c(cc4c5cc6c(cc5n5c7cc8c(cc7c2c45)C2c4ccccc4C(C8=O)c4ccccc42)C(=O)C2CCC6CC2)c2c4cc5c(cc4n3c12)C(=O)C1c2ccccc2C5c2ccccc21. The van der Waals surface area contributed by atoms with Crippen LogP contribution in [0.5, 0.6) is 0 Å². The highest BCUT2D eigenvalue weighted by Gasteiger charge is 2.46. The van der Waals surface area contributed by atoms with E-state index < -0.39 is 11.8 Å². The van der Waals surface area contributed by atoms with Crippen LogP contribution in [0.2, 0.25) is 0 Å². The summed E-state index contributed by atoms with van der Waals surface area (Å²) in [6, 6.07) is 58.0. The van der Waals surface area contributed by atoms with E-state index in [0.717, 1.165) is 194 Å². The normalized spacial score (nSPS) is 24.1. The number of aromatic nitrogens is 2. The summed E-state index contributed by atoms with van der Waals surface area (Å²) in [5, 5.41) is 11.3. The van der Waals surface area contributed by atoms with Crippen LogP contribution in [0.25, 0.3) is 87.0 Å². The molecule has 4 aromatic heterocycles. The first-order valence-corrected chi connectivity index (χ1v) is 30.9. The number of carbonyl (C=O) groups excluding carboxylic acids is 4. The summed E-state index contributed by atoms with van der Waals surface area (Å²) in [6.07, 6.45) is 7.82. The molecule has 12 aliphatic carbocycles. The van der Waals surface area contributed by atoms with Gasteiger partial charge in [-0.05, 0) is 201 Å². The second-order valence-electron chi connectivity index (χ2n) is 26.7. The summed E-state index contributed by atoms with van der Waals surface area (Å²) >= 11 is 0. The van der Waals surface area contributed by atoms with Crippen LogP contribution in [0.3, 0.4) is 0 Å². The van der Waals surface area contributed by atoms with E-state index in [4.69, 9.17) is 0 Å². The number of fused-ring (bicyclic) bond motifs is 19. The van der Waals surface area contributed by atoms with Gasteiger partial charge in [-0.25, -0.2) is 0 Å². The molecule has 0 N–H and O–H groups in total. The van der Waals surface area contributed by atoms with Gasteiger partial charge in [0.1, 0.15) is 0 Å². The molecule has 4 heterocycles. The van der Waals surface area contributed by atoms with E-state index in [1.165, 1.54) is 33.4 Å². The Morgan fingerprint density at radius 1 is 0.250 bits per heavy atom. The second-order valence-corrected chi connectivity index (χ2v) is 26.7. The highest BCUT2D eigenvalue weighted by molar-refractivity contribution is 6.40. The molecule has 0 radical (unpaired) electrons. The largest absolute Gasteiger partial charge is 0.308 e. The summed E-state index contributed by atoms with van der Waals surface area (Å²) in [7, 11) is 0. The monoisotopic (exact) mass is 1080 g/mol. The molecule has 0 amide bonds. The first-order valence-electron chi connectivity index (χ1n) is 30.9. The molecule has 12 aliphatic rings. The maximum atomic E-state index is 15.8. The first-order chi connectivity index (χ1) is 41.3.